The van der Waals surface area contributed by atoms with E-state index >= 15 is 0 Å². The first-order valence-electron chi connectivity index (χ1n) is 4.67. The van der Waals surface area contributed by atoms with Crippen molar-refractivity contribution in [2.45, 2.75) is 18.9 Å². The number of aliphatic hydroxyl groups is 1. The van der Waals surface area contributed by atoms with Crippen LogP contribution >= 0.6 is 10.7 Å². The van der Waals surface area contributed by atoms with E-state index in [1.54, 1.807) is 0 Å². The zero-order valence-corrected chi connectivity index (χ0v) is 9.76. The lowest BCUT2D eigenvalue weighted by Gasteiger charge is -2.31. The van der Waals surface area contributed by atoms with Crippen molar-refractivity contribution in [3.8, 4) is 0 Å². The second kappa shape index (κ2) is 4.79. The molecule has 1 aliphatic rings. The number of rotatable bonds is 3. The normalized spacial score (nSPS) is 23.6. The van der Waals surface area contributed by atoms with Gasteiger partial charge in [0.1, 0.15) is 0 Å². The van der Waals surface area contributed by atoms with E-state index in [4.69, 9.17) is 10.7 Å². The summed E-state index contributed by atoms with van der Waals surface area (Å²) in [5.74, 6) is -0.261. The molecule has 0 radical (unpaired) electrons. The van der Waals surface area contributed by atoms with E-state index < -0.39 is 15.2 Å². The first kappa shape index (κ1) is 12.2. The molecule has 0 aromatic heterocycles. The molecule has 1 atom stereocenters. The zero-order chi connectivity index (χ0) is 10.8. The van der Waals surface area contributed by atoms with Crippen LogP contribution in [0.2, 0.25) is 0 Å². The first-order chi connectivity index (χ1) is 6.38. The monoisotopic (exact) mass is 241 g/mol. The summed E-state index contributed by atoms with van der Waals surface area (Å²) in [5, 5.41) is 9.61. The summed E-state index contributed by atoms with van der Waals surface area (Å²) in [6.45, 7) is 1.81. The van der Waals surface area contributed by atoms with Gasteiger partial charge in [-0.25, -0.2) is 8.42 Å². The molecule has 14 heavy (non-hydrogen) atoms. The van der Waals surface area contributed by atoms with Crippen LogP contribution in [0, 0.1) is 5.92 Å². The maximum Gasteiger partial charge on any atom is 0.235 e. The predicted octanol–water partition coefficient (Wildman–Crippen LogP) is 0.258. The molecular weight excluding hydrogens is 226 g/mol. The largest absolute Gasteiger partial charge is 0.392 e. The number of piperidine rings is 1. The minimum atomic E-state index is -3.58. The molecule has 1 heterocycles. The molecule has 0 aromatic rings. The zero-order valence-electron chi connectivity index (χ0n) is 8.19. The van der Waals surface area contributed by atoms with Crippen LogP contribution in [0.15, 0.2) is 0 Å². The maximum atomic E-state index is 10.7. The third-order valence-electron chi connectivity index (χ3n) is 2.68. The van der Waals surface area contributed by atoms with E-state index in [2.05, 4.69) is 4.90 Å². The molecule has 6 heteroatoms. The second-order valence-electron chi connectivity index (χ2n) is 3.91. The Balaban J connectivity index is 2.42. The summed E-state index contributed by atoms with van der Waals surface area (Å²) in [5.41, 5.74) is 0. The number of likely N-dealkylation sites (tertiary alicyclic amines) is 1. The average Bonchev–Trinajstić information content (AvgIpc) is 2.02. The van der Waals surface area contributed by atoms with Gasteiger partial charge in [0.05, 0.1) is 11.9 Å². The highest BCUT2D eigenvalue weighted by Gasteiger charge is 2.26. The van der Waals surface area contributed by atoms with Crippen LogP contribution in [0.3, 0.4) is 0 Å². The Labute approximate surface area is 89.3 Å². The lowest BCUT2D eigenvalue weighted by atomic mass is 9.92. The Morgan fingerprint density at radius 1 is 1.50 bits per heavy atom. The van der Waals surface area contributed by atoms with Gasteiger partial charge in [-0.15, -0.1) is 0 Å². The van der Waals surface area contributed by atoms with Crippen molar-refractivity contribution in [2.24, 2.45) is 5.92 Å². The van der Waals surface area contributed by atoms with Crippen molar-refractivity contribution in [3.05, 3.63) is 0 Å². The third-order valence-corrected chi connectivity index (χ3v) is 3.79. The summed E-state index contributed by atoms with van der Waals surface area (Å²) in [7, 11) is 3.51. The molecule has 0 amide bonds. The summed E-state index contributed by atoms with van der Waals surface area (Å²) < 4.78 is 21.5. The van der Waals surface area contributed by atoms with Crippen molar-refractivity contribution in [1.29, 1.82) is 0 Å². The molecular formula is C8H16ClNO3S. The molecule has 0 saturated carbocycles. The van der Waals surface area contributed by atoms with Gasteiger partial charge in [-0.05, 0) is 38.9 Å². The Hall–Kier alpha value is 0.160. The van der Waals surface area contributed by atoms with E-state index in [9.17, 15) is 13.5 Å². The van der Waals surface area contributed by atoms with Crippen LogP contribution in [-0.2, 0) is 9.05 Å². The van der Waals surface area contributed by atoms with Crippen LogP contribution in [0.1, 0.15) is 12.8 Å². The van der Waals surface area contributed by atoms with Gasteiger partial charge in [0.15, 0.2) is 0 Å². The molecule has 1 aliphatic heterocycles. The fourth-order valence-corrected chi connectivity index (χ4v) is 2.82. The highest BCUT2D eigenvalue weighted by Crippen LogP contribution is 2.21. The fourth-order valence-electron chi connectivity index (χ4n) is 1.75. The molecule has 1 saturated heterocycles. The molecule has 1 unspecified atom stereocenters. The topological polar surface area (TPSA) is 57.6 Å². The van der Waals surface area contributed by atoms with Crippen LogP contribution in [-0.4, -0.2) is 50.4 Å². The smallest absolute Gasteiger partial charge is 0.235 e. The molecule has 0 bridgehead atoms. The van der Waals surface area contributed by atoms with Gasteiger partial charge in [0.2, 0.25) is 9.05 Å². The van der Waals surface area contributed by atoms with Gasteiger partial charge in [-0.1, -0.05) is 0 Å². The Kier molecular flexibility index (Phi) is 4.18. The second-order valence-corrected chi connectivity index (χ2v) is 6.74. The lowest BCUT2D eigenvalue weighted by molar-refractivity contribution is 0.0821. The van der Waals surface area contributed by atoms with Crippen LogP contribution < -0.4 is 0 Å². The van der Waals surface area contributed by atoms with E-state index in [-0.39, 0.29) is 11.7 Å². The summed E-state index contributed by atoms with van der Waals surface area (Å²) in [6, 6.07) is 0. The summed E-state index contributed by atoms with van der Waals surface area (Å²) >= 11 is 0. The van der Waals surface area contributed by atoms with Crippen LogP contribution in [0.4, 0.5) is 0 Å². The van der Waals surface area contributed by atoms with Crippen molar-refractivity contribution >= 4 is 19.7 Å². The number of nitrogens with zero attached hydrogens (tertiary/aromatic N) is 1. The van der Waals surface area contributed by atoms with Gasteiger partial charge < -0.3 is 10.0 Å². The number of halogens is 1. The maximum absolute atomic E-state index is 10.7. The Morgan fingerprint density at radius 3 is 2.43 bits per heavy atom. The minimum absolute atomic E-state index is 0.0692. The Bertz CT molecular complexity index is 272. The number of hydrogen-bond donors (Lipinski definition) is 1. The van der Waals surface area contributed by atoms with Gasteiger partial charge in [0.25, 0.3) is 0 Å². The fraction of sp³-hybridized carbons (Fsp3) is 1.00. The molecule has 1 N–H and O–H groups in total. The molecule has 0 spiro atoms. The van der Waals surface area contributed by atoms with Gasteiger partial charge >= 0.3 is 0 Å². The molecule has 1 rings (SSSR count). The van der Waals surface area contributed by atoms with Crippen molar-refractivity contribution in [1.82, 2.24) is 4.90 Å². The van der Waals surface area contributed by atoms with Gasteiger partial charge in [-0.3, -0.25) is 0 Å². The lowest BCUT2D eigenvalue weighted by Crippen LogP contribution is -2.37. The van der Waals surface area contributed by atoms with E-state index in [0.717, 1.165) is 25.9 Å². The van der Waals surface area contributed by atoms with Gasteiger partial charge in [0, 0.05) is 10.7 Å². The van der Waals surface area contributed by atoms with Crippen molar-refractivity contribution in [3.63, 3.8) is 0 Å². The Morgan fingerprint density at radius 2 is 2.00 bits per heavy atom. The molecule has 1 fully saturated rings. The molecule has 4 nitrogen and oxygen atoms in total. The van der Waals surface area contributed by atoms with Crippen molar-refractivity contribution in [2.75, 3.05) is 25.9 Å². The van der Waals surface area contributed by atoms with Crippen LogP contribution in [0.5, 0.6) is 0 Å². The van der Waals surface area contributed by atoms with E-state index in [0.29, 0.717) is 0 Å². The molecule has 84 valence electrons. The highest BCUT2D eigenvalue weighted by molar-refractivity contribution is 8.13. The predicted molar refractivity (Wildman–Crippen MR) is 55.9 cm³/mol. The van der Waals surface area contributed by atoms with Crippen molar-refractivity contribution < 1.29 is 13.5 Å². The van der Waals surface area contributed by atoms with Crippen LogP contribution in [0.25, 0.3) is 0 Å². The molecule has 0 aromatic carbocycles. The third kappa shape index (κ3) is 4.13. The SMILES string of the molecule is CN1CCC(C(O)CS(=O)(=O)Cl)CC1. The average molecular weight is 242 g/mol. The van der Waals surface area contributed by atoms with E-state index in [1.165, 1.54) is 0 Å². The van der Waals surface area contributed by atoms with Gasteiger partial charge in [-0.2, -0.15) is 0 Å². The number of aliphatic hydroxyl groups excluding tert-OH is 1. The summed E-state index contributed by atoms with van der Waals surface area (Å²) in [6.07, 6.45) is 0.861. The van der Waals surface area contributed by atoms with E-state index in [1.807, 2.05) is 7.05 Å². The molecule has 0 aliphatic carbocycles. The minimum Gasteiger partial charge on any atom is -0.392 e. The number of hydrogen-bond acceptors (Lipinski definition) is 4. The summed E-state index contributed by atoms with van der Waals surface area (Å²) in [4.78, 5) is 2.17. The standard InChI is InChI=1S/C8H16ClNO3S/c1-10-4-2-7(3-5-10)8(11)6-14(9,12)13/h7-8,11H,2-6H2,1H3. The first-order valence-corrected chi connectivity index (χ1v) is 7.15. The quantitative estimate of drug-likeness (QED) is 0.721. The highest BCUT2D eigenvalue weighted by atomic mass is 35.7.